The van der Waals surface area contributed by atoms with Crippen molar-refractivity contribution in [2.75, 3.05) is 6.61 Å². The largest absolute Gasteiger partial charge is 0.463 e. The quantitative estimate of drug-likeness (QED) is 0.103. The zero-order valence-corrected chi connectivity index (χ0v) is 22.8. The summed E-state index contributed by atoms with van der Waals surface area (Å²) in [6.45, 7) is 8.14. The predicted molar refractivity (Wildman–Crippen MR) is 162 cm³/mol. The van der Waals surface area contributed by atoms with Gasteiger partial charge in [-0.25, -0.2) is 4.79 Å². The van der Waals surface area contributed by atoms with Crippen molar-refractivity contribution >= 4 is 16.7 Å². The van der Waals surface area contributed by atoms with Crippen molar-refractivity contribution in [3.63, 3.8) is 0 Å². The van der Waals surface area contributed by atoms with Crippen molar-refractivity contribution < 1.29 is 9.53 Å². The highest BCUT2D eigenvalue weighted by Gasteiger charge is 2.04. The number of hydrogen-bond acceptors (Lipinski definition) is 2. The van der Waals surface area contributed by atoms with Crippen LogP contribution in [0.2, 0.25) is 0 Å². The van der Waals surface area contributed by atoms with E-state index in [4.69, 9.17) is 4.74 Å². The van der Waals surface area contributed by atoms with Gasteiger partial charge in [0.1, 0.15) is 0 Å². The first-order valence-electron chi connectivity index (χ1n) is 13.7. The number of ether oxygens (including phenoxy) is 1. The average Bonchev–Trinajstić information content (AvgIpc) is 2.98. The first-order chi connectivity index (χ1) is 19.1. The van der Waals surface area contributed by atoms with Crippen LogP contribution in [-0.4, -0.2) is 12.6 Å². The normalized spacial score (nSPS) is 10.2. The van der Waals surface area contributed by atoms with Crippen molar-refractivity contribution in [2.24, 2.45) is 0 Å². The molecule has 0 heterocycles. The van der Waals surface area contributed by atoms with Crippen LogP contribution in [0.5, 0.6) is 0 Å². The fraction of sp³-hybridized carbons (Fsp3) is 0.216. The van der Waals surface area contributed by atoms with Crippen LogP contribution in [-0.2, 0) is 22.4 Å². The highest BCUT2D eigenvalue weighted by molar-refractivity contribution is 5.85. The highest BCUT2D eigenvalue weighted by Crippen LogP contribution is 2.24. The van der Waals surface area contributed by atoms with E-state index in [2.05, 4.69) is 117 Å². The number of unbranched alkanes of at least 4 members (excludes halogenated alkanes) is 1. The molecule has 0 radical (unpaired) electrons. The van der Waals surface area contributed by atoms with Gasteiger partial charge < -0.3 is 4.74 Å². The number of hydrogen-bond donors (Lipinski definition) is 0. The molecular formula is C37H34O2. The third-order valence-electron chi connectivity index (χ3n) is 6.58. The highest BCUT2D eigenvalue weighted by atomic mass is 16.5. The van der Waals surface area contributed by atoms with Crippen LogP contribution >= 0.6 is 0 Å². The Kier molecular flexibility index (Phi) is 9.77. The van der Waals surface area contributed by atoms with Crippen LogP contribution in [0.1, 0.15) is 60.9 Å². The Morgan fingerprint density at radius 3 is 2.18 bits per heavy atom. The molecular weight excluding hydrogens is 476 g/mol. The van der Waals surface area contributed by atoms with E-state index in [-0.39, 0.29) is 0 Å². The van der Waals surface area contributed by atoms with E-state index >= 15 is 0 Å². The van der Waals surface area contributed by atoms with Gasteiger partial charge in [0, 0.05) is 29.2 Å². The fourth-order valence-electron chi connectivity index (χ4n) is 4.44. The van der Waals surface area contributed by atoms with E-state index in [0.29, 0.717) is 19.4 Å². The molecule has 0 unspecified atom stereocenters. The molecule has 0 aliphatic heterocycles. The summed E-state index contributed by atoms with van der Waals surface area (Å²) in [5.74, 6) is 12.7. The SMILES string of the molecule is C=CC(=O)OCCCC#Cc1ccc2cc(C#Cc3ccc(-c4ccc(CCC)cc4)cc3CC)ccc2c1. The maximum absolute atomic E-state index is 11.1. The number of carbonyl (C=O) groups excluding carboxylic acids is 1. The molecule has 2 nitrogen and oxygen atoms in total. The maximum Gasteiger partial charge on any atom is 0.330 e. The van der Waals surface area contributed by atoms with Crippen LogP contribution in [0, 0.1) is 23.7 Å². The lowest BCUT2D eigenvalue weighted by Gasteiger charge is -2.08. The standard InChI is InChI=1S/C37H34O2/c1-4-10-28-12-17-33(18-13-28)36-23-22-32(31(5-2)27-36)19-14-30-16-21-34-25-29(15-20-35(34)26-30)11-8-7-9-24-39-37(38)6-3/h6,12-13,15-18,20-23,25-27H,3-5,7,9-10,24H2,1-2H3. The van der Waals surface area contributed by atoms with Gasteiger partial charge in [0.15, 0.2) is 0 Å². The molecule has 0 aliphatic rings. The predicted octanol–water partition coefficient (Wildman–Crippen LogP) is 8.28. The first kappa shape index (κ1) is 27.5. The summed E-state index contributed by atoms with van der Waals surface area (Å²) in [7, 11) is 0. The van der Waals surface area contributed by atoms with Gasteiger partial charge in [-0.1, -0.05) is 93.0 Å². The minimum atomic E-state index is -0.394. The van der Waals surface area contributed by atoms with Crippen molar-refractivity contribution in [3.05, 3.63) is 119 Å². The summed E-state index contributed by atoms with van der Waals surface area (Å²) >= 11 is 0. The van der Waals surface area contributed by atoms with E-state index < -0.39 is 5.97 Å². The maximum atomic E-state index is 11.1. The number of aryl methyl sites for hydroxylation is 2. The van der Waals surface area contributed by atoms with Crippen LogP contribution in [0.25, 0.3) is 21.9 Å². The van der Waals surface area contributed by atoms with Gasteiger partial charge in [-0.3, -0.25) is 0 Å². The van der Waals surface area contributed by atoms with Gasteiger partial charge in [0.25, 0.3) is 0 Å². The van der Waals surface area contributed by atoms with Gasteiger partial charge in [0.2, 0.25) is 0 Å². The number of fused-ring (bicyclic) bond motifs is 1. The molecule has 4 rings (SSSR count). The topological polar surface area (TPSA) is 26.3 Å². The molecule has 0 saturated carbocycles. The second-order valence-corrected chi connectivity index (χ2v) is 9.48. The van der Waals surface area contributed by atoms with E-state index in [1.165, 1.54) is 34.8 Å². The summed E-state index contributed by atoms with van der Waals surface area (Å²) in [6, 6.07) is 28.0. The van der Waals surface area contributed by atoms with Crippen molar-refractivity contribution in [3.8, 4) is 34.8 Å². The van der Waals surface area contributed by atoms with Crippen LogP contribution in [0.15, 0.2) is 91.5 Å². The molecule has 0 bridgehead atoms. The van der Waals surface area contributed by atoms with Crippen LogP contribution in [0.3, 0.4) is 0 Å². The second-order valence-electron chi connectivity index (χ2n) is 9.48. The van der Waals surface area contributed by atoms with E-state index in [9.17, 15) is 4.79 Å². The third kappa shape index (κ3) is 7.73. The summed E-state index contributed by atoms with van der Waals surface area (Å²) in [6.07, 6.45) is 5.77. The molecule has 4 aromatic carbocycles. The number of carbonyl (C=O) groups is 1. The molecule has 39 heavy (non-hydrogen) atoms. The monoisotopic (exact) mass is 510 g/mol. The third-order valence-corrected chi connectivity index (χ3v) is 6.58. The summed E-state index contributed by atoms with van der Waals surface area (Å²) in [4.78, 5) is 11.1. The lowest BCUT2D eigenvalue weighted by atomic mass is 9.96. The van der Waals surface area contributed by atoms with Crippen LogP contribution < -0.4 is 0 Å². The van der Waals surface area contributed by atoms with E-state index in [0.717, 1.165) is 40.3 Å². The van der Waals surface area contributed by atoms with E-state index in [1.54, 1.807) is 0 Å². The molecule has 0 amide bonds. The molecule has 0 aromatic heterocycles. The van der Waals surface area contributed by atoms with E-state index in [1.807, 2.05) is 6.07 Å². The Morgan fingerprint density at radius 2 is 1.51 bits per heavy atom. The van der Waals surface area contributed by atoms with Crippen LogP contribution in [0.4, 0.5) is 0 Å². The lowest BCUT2D eigenvalue weighted by Crippen LogP contribution is -2.01. The summed E-state index contributed by atoms with van der Waals surface area (Å²) in [5.41, 5.74) is 8.18. The lowest BCUT2D eigenvalue weighted by molar-refractivity contribution is -0.137. The molecule has 0 N–H and O–H groups in total. The van der Waals surface area contributed by atoms with Crippen molar-refractivity contribution in [1.29, 1.82) is 0 Å². The molecule has 0 saturated heterocycles. The Hall–Kier alpha value is -4.53. The van der Waals surface area contributed by atoms with Gasteiger partial charge in [-0.05, 0) is 88.7 Å². The smallest absolute Gasteiger partial charge is 0.330 e. The summed E-state index contributed by atoms with van der Waals surface area (Å²) in [5, 5.41) is 2.28. The number of benzene rings is 4. The zero-order chi connectivity index (χ0) is 27.5. The summed E-state index contributed by atoms with van der Waals surface area (Å²) < 4.78 is 4.97. The molecule has 194 valence electrons. The molecule has 0 atom stereocenters. The number of esters is 1. The Bertz CT molecular complexity index is 1580. The Balaban J connectivity index is 1.44. The molecule has 4 aromatic rings. The minimum absolute atomic E-state index is 0.359. The van der Waals surface area contributed by atoms with Gasteiger partial charge in [-0.2, -0.15) is 0 Å². The van der Waals surface area contributed by atoms with Gasteiger partial charge in [-0.15, -0.1) is 0 Å². The molecule has 2 heteroatoms. The average molecular weight is 511 g/mol. The molecule has 0 fully saturated rings. The first-order valence-corrected chi connectivity index (χ1v) is 13.7. The zero-order valence-electron chi connectivity index (χ0n) is 22.8. The Labute approximate surface area is 232 Å². The van der Waals surface area contributed by atoms with Crippen molar-refractivity contribution in [1.82, 2.24) is 0 Å². The molecule has 0 spiro atoms. The minimum Gasteiger partial charge on any atom is -0.463 e. The van der Waals surface area contributed by atoms with Gasteiger partial charge in [0.05, 0.1) is 6.61 Å². The Morgan fingerprint density at radius 1 is 0.821 bits per heavy atom. The van der Waals surface area contributed by atoms with Crippen molar-refractivity contribution in [2.45, 2.75) is 46.0 Å². The number of rotatable bonds is 8. The second kappa shape index (κ2) is 13.9. The molecule has 0 aliphatic carbocycles. The fourth-order valence-corrected chi connectivity index (χ4v) is 4.44. The van der Waals surface area contributed by atoms with Gasteiger partial charge >= 0.3 is 5.97 Å².